The second-order valence-corrected chi connectivity index (χ2v) is 8.10. The molecule has 0 aliphatic carbocycles. The van der Waals surface area contributed by atoms with Crippen LogP contribution in [0.15, 0.2) is 53.6 Å². The quantitative estimate of drug-likeness (QED) is 0.480. The molecule has 0 radical (unpaired) electrons. The molecule has 162 valence electrons. The summed E-state index contributed by atoms with van der Waals surface area (Å²) in [5.74, 6) is -0.290. The van der Waals surface area contributed by atoms with Crippen molar-refractivity contribution in [3.05, 3.63) is 58.4 Å². The van der Waals surface area contributed by atoms with Gasteiger partial charge in [-0.1, -0.05) is 6.07 Å². The second-order valence-electron chi connectivity index (χ2n) is 7.15. The number of thiophene rings is 1. The van der Waals surface area contributed by atoms with Gasteiger partial charge in [-0.2, -0.15) is 0 Å². The van der Waals surface area contributed by atoms with E-state index in [9.17, 15) is 14.4 Å². The highest BCUT2D eigenvalue weighted by Gasteiger charge is 2.36. The maximum absolute atomic E-state index is 12.9. The Kier molecular flexibility index (Phi) is 6.34. The molecule has 0 spiro atoms. The number of rotatable bonds is 7. The fraction of sp³-hybridized carbons (Fsp3) is 0.318. The fourth-order valence-corrected chi connectivity index (χ4v) is 4.22. The van der Waals surface area contributed by atoms with Crippen LogP contribution < -0.4 is 9.64 Å². The van der Waals surface area contributed by atoms with E-state index in [-0.39, 0.29) is 17.8 Å². The third kappa shape index (κ3) is 4.62. The van der Waals surface area contributed by atoms with Crippen LogP contribution >= 0.6 is 11.3 Å². The Hall–Kier alpha value is -3.17. The molecule has 0 bridgehead atoms. The molecule has 2 aliphatic heterocycles. The smallest absolute Gasteiger partial charge is 0.348 e. The van der Waals surface area contributed by atoms with Crippen LogP contribution in [0.25, 0.3) is 0 Å². The van der Waals surface area contributed by atoms with E-state index in [0.717, 1.165) is 13.1 Å². The Morgan fingerprint density at radius 1 is 1.06 bits per heavy atom. The second kappa shape index (κ2) is 9.32. The molecule has 4 rings (SSSR count). The number of carbonyl (C=O) groups excluding carboxylic acids is 3. The molecule has 2 aliphatic rings. The van der Waals surface area contributed by atoms with Gasteiger partial charge in [0, 0.05) is 38.8 Å². The summed E-state index contributed by atoms with van der Waals surface area (Å²) in [4.78, 5) is 43.2. The van der Waals surface area contributed by atoms with Crippen LogP contribution in [0.2, 0.25) is 0 Å². The molecule has 1 aromatic heterocycles. The van der Waals surface area contributed by atoms with Gasteiger partial charge < -0.3 is 14.4 Å². The monoisotopic (exact) mass is 441 g/mol. The summed E-state index contributed by atoms with van der Waals surface area (Å²) in [6.07, 6.45) is 1.41. The van der Waals surface area contributed by atoms with Crippen molar-refractivity contribution in [3.63, 3.8) is 0 Å². The van der Waals surface area contributed by atoms with E-state index in [2.05, 4.69) is 4.90 Å². The molecule has 1 saturated heterocycles. The molecular weight excluding hydrogens is 418 g/mol. The Morgan fingerprint density at radius 3 is 2.45 bits per heavy atom. The van der Waals surface area contributed by atoms with Gasteiger partial charge in [0.2, 0.25) is 0 Å². The molecule has 3 heterocycles. The van der Waals surface area contributed by atoms with E-state index in [1.165, 1.54) is 22.3 Å². The zero-order valence-electron chi connectivity index (χ0n) is 17.2. The Morgan fingerprint density at radius 2 is 1.81 bits per heavy atom. The number of hydrogen-bond acceptors (Lipinski definition) is 8. The highest BCUT2D eigenvalue weighted by atomic mass is 32.1. The van der Waals surface area contributed by atoms with Crippen LogP contribution in [-0.2, 0) is 14.3 Å². The number of amides is 2. The normalized spacial score (nSPS) is 17.1. The number of carbonyl (C=O) groups is 3. The lowest BCUT2D eigenvalue weighted by Crippen LogP contribution is -2.48. The highest BCUT2D eigenvalue weighted by molar-refractivity contribution is 7.11. The molecule has 1 fully saturated rings. The number of esters is 1. The number of piperazine rings is 1. The largest absolute Gasteiger partial charge is 0.497 e. The van der Waals surface area contributed by atoms with Crippen molar-refractivity contribution in [2.45, 2.75) is 0 Å². The van der Waals surface area contributed by atoms with Crippen molar-refractivity contribution < 1.29 is 23.9 Å². The summed E-state index contributed by atoms with van der Waals surface area (Å²) < 4.78 is 10.4. The molecule has 2 amide bonds. The molecule has 0 atom stereocenters. The van der Waals surface area contributed by atoms with Gasteiger partial charge in [-0.25, -0.2) is 9.69 Å². The van der Waals surface area contributed by atoms with Crippen molar-refractivity contribution in [1.82, 2.24) is 9.80 Å². The van der Waals surface area contributed by atoms with E-state index in [1.54, 1.807) is 37.4 Å². The Bertz CT molecular complexity index is 979. The molecule has 31 heavy (non-hydrogen) atoms. The summed E-state index contributed by atoms with van der Waals surface area (Å²) in [6, 6.07) is 10.4. The first-order valence-electron chi connectivity index (χ1n) is 9.99. The summed E-state index contributed by atoms with van der Waals surface area (Å²) in [6.45, 7) is 3.65. The van der Waals surface area contributed by atoms with Crippen LogP contribution in [0.1, 0.15) is 9.67 Å². The van der Waals surface area contributed by atoms with Crippen LogP contribution in [0, 0.1) is 0 Å². The van der Waals surface area contributed by atoms with Gasteiger partial charge in [0.25, 0.3) is 11.8 Å². The lowest BCUT2D eigenvalue weighted by Gasteiger charge is -2.36. The average Bonchev–Trinajstić information content (AvgIpc) is 3.43. The van der Waals surface area contributed by atoms with E-state index >= 15 is 0 Å². The van der Waals surface area contributed by atoms with Crippen LogP contribution in [0.5, 0.6) is 5.75 Å². The number of benzene rings is 1. The lowest BCUT2D eigenvalue weighted by atomic mass is 10.2. The summed E-state index contributed by atoms with van der Waals surface area (Å²) in [5, 5.41) is 1.84. The molecule has 8 nitrogen and oxygen atoms in total. The van der Waals surface area contributed by atoms with Gasteiger partial charge >= 0.3 is 5.97 Å². The standard InChI is InChI=1S/C22H23N3O5S/c1-29-17-6-4-16(5-7-17)25-20(26)15-18(21(25)27)24-10-8-23(9-11-24)12-13-30-22(28)19-3-2-14-31-19/h2-7,14-15H,8-13H2,1H3. The van der Waals surface area contributed by atoms with Gasteiger partial charge in [-0.15, -0.1) is 11.3 Å². The number of anilines is 1. The summed E-state index contributed by atoms with van der Waals surface area (Å²) in [7, 11) is 1.56. The average molecular weight is 442 g/mol. The summed E-state index contributed by atoms with van der Waals surface area (Å²) in [5.41, 5.74) is 0.942. The number of nitrogens with zero attached hydrogens (tertiary/aromatic N) is 3. The van der Waals surface area contributed by atoms with Crippen LogP contribution in [0.3, 0.4) is 0 Å². The number of ether oxygens (including phenoxy) is 2. The fourth-order valence-electron chi connectivity index (χ4n) is 3.61. The first-order valence-corrected chi connectivity index (χ1v) is 10.9. The summed E-state index contributed by atoms with van der Waals surface area (Å²) >= 11 is 1.36. The molecule has 0 N–H and O–H groups in total. The zero-order valence-corrected chi connectivity index (χ0v) is 18.0. The molecule has 2 aromatic rings. The lowest BCUT2D eigenvalue weighted by molar-refractivity contribution is -0.121. The molecular formula is C22H23N3O5S. The van der Waals surface area contributed by atoms with Crippen molar-refractivity contribution in [2.24, 2.45) is 0 Å². The van der Waals surface area contributed by atoms with Crippen LogP contribution in [0.4, 0.5) is 5.69 Å². The van der Waals surface area contributed by atoms with Crippen molar-refractivity contribution in [2.75, 3.05) is 51.3 Å². The van der Waals surface area contributed by atoms with E-state index in [0.29, 0.717) is 48.3 Å². The van der Waals surface area contributed by atoms with Crippen LogP contribution in [-0.4, -0.2) is 74.0 Å². The minimum atomic E-state index is -0.340. The minimum absolute atomic E-state index is 0.299. The Labute approximate surface area is 184 Å². The van der Waals surface area contributed by atoms with Gasteiger partial charge in [0.05, 0.1) is 12.8 Å². The first-order chi connectivity index (χ1) is 15.1. The topological polar surface area (TPSA) is 79.4 Å². The zero-order chi connectivity index (χ0) is 21.8. The molecule has 1 aromatic carbocycles. The number of imide groups is 1. The number of methoxy groups -OCH3 is 1. The first kappa shape index (κ1) is 21.1. The van der Waals surface area contributed by atoms with Gasteiger partial charge in [-0.3, -0.25) is 14.5 Å². The third-order valence-corrected chi connectivity index (χ3v) is 6.16. The van der Waals surface area contributed by atoms with E-state index < -0.39 is 0 Å². The van der Waals surface area contributed by atoms with Crippen molar-refractivity contribution in [1.29, 1.82) is 0 Å². The SMILES string of the molecule is COc1ccc(N2C(=O)C=C(N3CCN(CCOC(=O)c4cccs4)CC3)C2=O)cc1. The Balaban J connectivity index is 1.27. The van der Waals surface area contributed by atoms with Gasteiger partial charge in [0.15, 0.2) is 0 Å². The maximum atomic E-state index is 12.9. The van der Waals surface area contributed by atoms with Gasteiger partial charge in [0.1, 0.15) is 22.9 Å². The maximum Gasteiger partial charge on any atom is 0.348 e. The highest BCUT2D eigenvalue weighted by Crippen LogP contribution is 2.26. The molecule has 0 saturated carbocycles. The predicted octanol–water partition coefficient (Wildman–Crippen LogP) is 1.99. The van der Waals surface area contributed by atoms with E-state index in [4.69, 9.17) is 9.47 Å². The molecule has 0 unspecified atom stereocenters. The van der Waals surface area contributed by atoms with E-state index in [1.807, 2.05) is 16.3 Å². The third-order valence-electron chi connectivity index (χ3n) is 5.31. The number of hydrogen-bond donors (Lipinski definition) is 0. The molecule has 9 heteroatoms. The van der Waals surface area contributed by atoms with Crippen molar-refractivity contribution in [3.8, 4) is 5.75 Å². The minimum Gasteiger partial charge on any atom is -0.497 e. The van der Waals surface area contributed by atoms with Crippen molar-refractivity contribution >= 4 is 34.8 Å². The predicted molar refractivity (Wildman–Crippen MR) is 116 cm³/mol. The van der Waals surface area contributed by atoms with Gasteiger partial charge in [-0.05, 0) is 35.7 Å².